The van der Waals surface area contributed by atoms with Gasteiger partial charge >= 0.3 is 18.0 Å². The maximum atomic E-state index is 12.0. The van der Waals surface area contributed by atoms with Crippen molar-refractivity contribution in [1.29, 1.82) is 0 Å². The number of hydrogen-bond donors (Lipinski definition) is 5. The number of carboxylic acid groups (broad SMARTS) is 2. The van der Waals surface area contributed by atoms with E-state index in [2.05, 4.69) is 40.2 Å². The number of urea groups is 1. The third kappa shape index (κ3) is 8.35. The summed E-state index contributed by atoms with van der Waals surface area (Å²) in [4.78, 5) is 45.0. The first-order valence-electron chi connectivity index (χ1n) is 10.5. The average Bonchev–Trinajstić information content (AvgIpc) is 2.77. The maximum Gasteiger partial charge on any atom is 0.326 e. The number of unbranched alkanes of at least 4 members (excludes halogenated alkanes) is 1. The number of amides is 2. The molecule has 0 aliphatic rings. The molecule has 2 amide bonds. The summed E-state index contributed by atoms with van der Waals surface area (Å²) >= 11 is 0. The Morgan fingerprint density at radius 3 is 2.41 bits per heavy atom. The van der Waals surface area contributed by atoms with Gasteiger partial charge in [-0.15, -0.1) is 0 Å². The van der Waals surface area contributed by atoms with Crippen LogP contribution in [0.4, 0.5) is 4.79 Å². The van der Waals surface area contributed by atoms with Crippen molar-refractivity contribution in [2.24, 2.45) is 0 Å². The zero-order valence-electron chi connectivity index (χ0n) is 17.8. The lowest BCUT2D eigenvalue weighted by molar-refractivity contribution is -0.140. The fourth-order valence-electron chi connectivity index (χ4n) is 3.35. The number of carbonyl (C=O) groups excluding carboxylic acids is 2. The molecule has 0 saturated carbocycles. The molecular weight excluding hydrogens is 414 g/mol. The van der Waals surface area contributed by atoms with Crippen molar-refractivity contribution in [3.05, 3.63) is 48.0 Å². The normalized spacial score (nSPS) is 12.6. The summed E-state index contributed by atoms with van der Waals surface area (Å²) in [6.07, 6.45) is 1.88. The minimum atomic E-state index is -1.34. The molecule has 0 aliphatic carbocycles. The summed E-state index contributed by atoms with van der Waals surface area (Å²) in [5, 5.41) is 28.2. The van der Waals surface area contributed by atoms with Crippen molar-refractivity contribution in [3.63, 3.8) is 0 Å². The molecule has 9 heteroatoms. The number of carbonyl (C=O) groups is 4. The summed E-state index contributed by atoms with van der Waals surface area (Å²) in [6, 6.07) is 11.5. The minimum Gasteiger partial charge on any atom is -0.481 e. The van der Waals surface area contributed by atoms with Gasteiger partial charge in [-0.3, -0.25) is 4.79 Å². The molecule has 0 unspecified atom stereocenters. The Morgan fingerprint density at radius 1 is 0.938 bits per heavy atom. The van der Waals surface area contributed by atoms with Gasteiger partial charge in [0.15, 0.2) is 0 Å². The van der Waals surface area contributed by atoms with Gasteiger partial charge < -0.3 is 31.0 Å². The molecule has 5 N–H and O–H groups in total. The first kappa shape index (κ1) is 24.8. The van der Waals surface area contributed by atoms with Crippen LogP contribution in [0.2, 0.25) is 0 Å². The van der Waals surface area contributed by atoms with E-state index in [0.29, 0.717) is 19.1 Å². The van der Waals surface area contributed by atoms with Gasteiger partial charge in [-0.1, -0.05) is 42.5 Å². The number of benzene rings is 2. The highest BCUT2D eigenvalue weighted by Crippen LogP contribution is 2.18. The lowest BCUT2D eigenvalue weighted by Gasteiger charge is -2.17. The van der Waals surface area contributed by atoms with Crippen molar-refractivity contribution < 1.29 is 29.4 Å². The number of aliphatic carboxylic acids is 2. The van der Waals surface area contributed by atoms with E-state index >= 15 is 0 Å². The molecule has 2 rings (SSSR count). The number of rotatable bonds is 14. The molecule has 172 valence electrons. The third-order valence-corrected chi connectivity index (χ3v) is 5.05. The predicted octanol–water partition coefficient (Wildman–Crippen LogP) is 2.28. The summed E-state index contributed by atoms with van der Waals surface area (Å²) < 4.78 is 0. The van der Waals surface area contributed by atoms with E-state index in [1.807, 2.05) is 18.2 Å². The molecule has 0 fully saturated rings. The smallest absolute Gasteiger partial charge is 0.326 e. The molecule has 9 nitrogen and oxygen atoms in total. The number of aldehydes is 1. The first-order valence-corrected chi connectivity index (χ1v) is 10.5. The van der Waals surface area contributed by atoms with Gasteiger partial charge in [0.1, 0.15) is 12.3 Å². The van der Waals surface area contributed by atoms with Gasteiger partial charge in [0.25, 0.3) is 0 Å². The largest absolute Gasteiger partial charge is 0.481 e. The Morgan fingerprint density at radius 2 is 1.69 bits per heavy atom. The van der Waals surface area contributed by atoms with Crippen molar-refractivity contribution in [3.8, 4) is 0 Å². The topological polar surface area (TPSA) is 145 Å². The van der Waals surface area contributed by atoms with E-state index in [1.54, 1.807) is 0 Å². The summed E-state index contributed by atoms with van der Waals surface area (Å²) in [6.45, 7) is 1.48. The Labute approximate surface area is 186 Å². The fraction of sp³-hybridized carbons (Fsp3) is 0.391. The van der Waals surface area contributed by atoms with Crippen molar-refractivity contribution in [2.75, 3.05) is 6.54 Å². The highest BCUT2D eigenvalue weighted by Gasteiger charge is 2.22. The number of carboxylic acids is 2. The molecule has 0 heterocycles. The Kier molecular flexibility index (Phi) is 10.1. The van der Waals surface area contributed by atoms with E-state index in [4.69, 9.17) is 10.2 Å². The quantitative estimate of drug-likeness (QED) is 0.222. The molecule has 0 saturated heterocycles. The van der Waals surface area contributed by atoms with Gasteiger partial charge in [-0.05, 0) is 48.6 Å². The molecule has 2 atom stereocenters. The minimum absolute atomic E-state index is 0.244. The monoisotopic (exact) mass is 443 g/mol. The summed E-state index contributed by atoms with van der Waals surface area (Å²) in [5.74, 6) is -2.49. The predicted molar refractivity (Wildman–Crippen MR) is 119 cm³/mol. The Hall–Kier alpha value is -3.46. The van der Waals surface area contributed by atoms with Crippen molar-refractivity contribution >= 4 is 35.0 Å². The van der Waals surface area contributed by atoms with Crippen molar-refractivity contribution in [2.45, 2.75) is 50.7 Å². The highest BCUT2D eigenvalue weighted by atomic mass is 16.4. The Bertz CT molecular complexity index is 928. The molecule has 0 aromatic heterocycles. The second-order valence-electron chi connectivity index (χ2n) is 7.49. The van der Waals surface area contributed by atoms with Gasteiger partial charge in [0.2, 0.25) is 0 Å². The molecule has 2 aromatic rings. The van der Waals surface area contributed by atoms with Gasteiger partial charge in [0, 0.05) is 13.0 Å². The van der Waals surface area contributed by atoms with Crippen LogP contribution in [-0.2, 0) is 20.9 Å². The van der Waals surface area contributed by atoms with Gasteiger partial charge in [-0.25, -0.2) is 9.59 Å². The SMILES string of the molecule is O=C[C@H](CCCCNCc1cccc2ccccc12)NC(=O)N[C@@H](CCC(=O)O)C(=O)O. The molecule has 0 spiro atoms. The number of fused-ring (bicyclic) bond motifs is 1. The zero-order valence-corrected chi connectivity index (χ0v) is 17.8. The molecule has 0 bridgehead atoms. The average molecular weight is 444 g/mol. The second kappa shape index (κ2) is 13.1. The summed E-state index contributed by atoms with van der Waals surface area (Å²) in [5.41, 5.74) is 1.21. The lowest BCUT2D eigenvalue weighted by Crippen LogP contribution is -2.49. The molecule has 0 aliphatic heterocycles. The van der Waals surface area contributed by atoms with Crippen LogP contribution >= 0.6 is 0 Å². The van der Waals surface area contributed by atoms with Crippen LogP contribution in [0.25, 0.3) is 10.8 Å². The van der Waals surface area contributed by atoms with E-state index in [9.17, 15) is 19.2 Å². The number of nitrogens with one attached hydrogen (secondary N) is 3. The van der Waals surface area contributed by atoms with Crippen molar-refractivity contribution in [1.82, 2.24) is 16.0 Å². The summed E-state index contributed by atoms with van der Waals surface area (Å²) in [7, 11) is 0. The Balaban J connectivity index is 1.68. The van der Waals surface area contributed by atoms with E-state index in [0.717, 1.165) is 19.5 Å². The first-order chi connectivity index (χ1) is 15.4. The van der Waals surface area contributed by atoms with Crippen LogP contribution in [0.3, 0.4) is 0 Å². The van der Waals surface area contributed by atoms with Crippen LogP contribution in [0.5, 0.6) is 0 Å². The molecule has 32 heavy (non-hydrogen) atoms. The van der Waals surface area contributed by atoms with E-state index < -0.39 is 30.1 Å². The van der Waals surface area contributed by atoms with E-state index in [1.165, 1.54) is 16.3 Å². The maximum absolute atomic E-state index is 12.0. The third-order valence-electron chi connectivity index (χ3n) is 5.05. The second-order valence-corrected chi connectivity index (χ2v) is 7.49. The van der Waals surface area contributed by atoms with Crippen LogP contribution in [0.15, 0.2) is 42.5 Å². The number of hydrogen-bond acceptors (Lipinski definition) is 5. The zero-order chi connectivity index (χ0) is 23.3. The van der Waals surface area contributed by atoms with E-state index in [-0.39, 0.29) is 12.8 Å². The fourth-order valence-corrected chi connectivity index (χ4v) is 3.35. The highest BCUT2D eigenvalue weighted by molar-refractivity contribution is 5.86. The van der Waals surface area contributed by atoms with Crippen LogP contribution in [0.1, 0.15) is 37.7 Å². The van der Waals surface area contributed by atoms with Crippen LogP contribution < -0.4 is 16.0 Å². The van der Waals surface area contributed by atoms with Gasteiger partial charge in [-0.2, -0.15) is 0 Å². The van der Waals surface area contributed by atoms with Gasteiger partial charge in [0.05, 0.1) is 6.04 Å². The van der Waals surface area contributed by atoms with Crippen LogP contribution in [-0.4, -0.2) is 53.1 Å². The lowest BCUT2D eigenvalue weighted by atomic mass is 10.0. The standard InChI is InChI=1S/C23H29N3O6/c27-15-18(25-23(32)26-20(22(30)31)11-12-21(28)29)9-3-4-13-24-14-17-8-5-7-16-6-1-2-10-19(16)17/h1-2,5-8,10,15,18,20,24H,3-4,9,11-14H2,(H,28,29)(H,30,31)(H2,25,26,32)/t18-,20-/m0/s1. The molecule has 0 radical (unpaired) electrons. The van der Waals surface area contributed by atoms with Crippen LogP contribution in [0, 0.1) is 0 Å². The molecular formula is C23H29N3O6. The molecule has 2 aromatic carbocycles.